The van der Waals surface area contributed by atoms with Crippen LogP contribution in [0.25, 0.3) is 0 Å². The third-order valence-electron chi connectivity index (χ3n) is 3.05. The number of aryl methyl sites for hydroxylation is 1. The highest BCUT2D eigenvalue weighted by molar-refractivity contribution is 7.09. The smallest absolute Gasteiger partial charge is 0.319 e. The number of urea groups is 1. The van der Waals surface area contributed by atoms with Gasteiger partial charge in [0.05, 0.1) is 12.6 Å². The molecule has 0 bridgehead atoms. The first-order valence-electron chi connectivity index (χ1n) is 6.56. The van der Waals surface area contributed by atoms with Crippen molar-refractivity contribution in [2.75, 3.05) is 12.4 Å². The van der Waals surface area contributed by atoms with Gasteiger partial charge in [-0.05, 0) is 44.5 Å². The Bertz CT molecular complexity index is 624. The van der Waals surface area contributed by atoms with E-state index in [4.69, 9.17) is 4.74 Å². The normalized spacial score (nSPS) is 11.0. The summed E-state index contributed by atoms with van der Waals surface area (Å²) in [6, 6.07) is 5.24. The second-order valence-corrected chi connectivity index (χ2v) is 6.12. The van der Waals surface area contributed by atoms with E-state index in [0.717, 1.165) is 22.0 Å². The molecule has 6 heteroatoms. The second-order valence-electron chi connectivity index (χ2n) is 5.23. The molecular formula is C15H19N3O2S. The molecule has 0 aliphatic carbocycles. The lowest BCUT2D eigenvalue weighted by atomic mass is 10.1. The Morgan fingerprint density at radius 2 is 2.14 bits per heavy atom. The van der Waals surface area contributed by atoms with Gasteiger partial charge in [0.2, 0.25) is 0 Å². The van der Waals surface area contributed by atoms with Crippen LogP contribution < -0.4 is 15.4 Å². The summed E-state index contributed by atoms with van der Waals surface area (Å²) >= 11 is 1.52. The van der Waals surface area contributed by atoms with Gasteiger partial charge in [-0.3, -0.25) is 0 Å². The van der Waals surface area contributed by atoms with E-state index in [1.165, 1.54) is 11.3 Å². The van der Waals surface area contributed by atoms with Gasteiger partial charge in [0.1, 0.15) is 10.8 Å². The molecule has 0 saturated heterocycles. The quantitative estimate of drug-likeness (QED) is 0.908. The molecule has 0 spiro atoms. The van der Waals surface area contributed by atoms with E-state index in [0.29, 0.717) is 0 Å². The molecule has 0 atom stereocenters. The highest BCUT2D eigenvalue weighted by atomic mass is 32.1. The fraction of sp³-hybridized carbons (Fsp3) is 0.333. The molecule has 0 unspecified atom stereocenters. The van der Waals surface area contributed by atoms with Crippen molar-refractivity contribution in [3.63, 3.8) is 0 Å². The van der Waals surface area contributed by atoms with Crippen molar-refractivity contribution in [3.05, 3.63) is 40.3 Å². The maximum absolute atomic E-state index is 12.1. The highest BCUT2D eigenvalue weighted by Gasteiger charge is 2.25. The van der Waals surface area contributed by atoms with Crippen molar-refractivity contribution >= 4 is 23.1 Å². The molecule has 0 fully saturated rings. The maximum Gasteiger partial charge on any atom is 0.319 e. The molecule has 0 saturated carbocycles. The number of anilines is 1. The number of nitrogens with one attached hydrogen (secondary N) is 2. The minimum absolute atomic E-state index is 0.264. The number of ether oxygens (including phenoxy) is 1. The van der Waals surface area contributed by atoms with Crippen LogP contribution in [0.1, 0.15) is 24.4 Å². The number of aromatic nitrogens is 1. The van der Waals surface area contributed by atoms with Gasteiger partial charge in [-0.2, -0.15) is 0 Å². The maximum atomic E-state index is 12.1. The number of hydrogen-bond acceptors (Lipinski definition) is 4. The van der Waals surface area contributed by atoms with Crippen LogP contribution in [0.3, 0.4) is 0 Å². The monoisotopic (exact) mass is 305 g/mol. The summed E-state index contributed by atoms with van der Waals surface area (Å²) in [7, 11) is 1.62. The molecule has 1 aromatic heterocycles. The molecule has 1 heterocycles. The van der Waals surface area contributed by atoms with Crippen molar-refractivity contribution < 1.29 is 9.53 Å². The molecule has 21 heavy (non-hydrogen) atoms. The van der Waals surface area contributed by atoms with E-state index >= 15 is 0 Å². The summed E-state index contributed by atoms with van der Waals surface area (Å²) in [4.78, 5) is 16.4. The Kier molecular flexibility index (Phi) is 4.47. The first-order chi connectivity index (χ1) is 9.92. The standard InChI is InChI=1S/C15H19N3O2S/c1-10-9-11(5-6-12(10)20-4)17-14(19)18-15(2,3)13-16-7-8-21-13/h5-9H,1-4H3,(H2,17,18,19). The van der Waals surface area contributed by atoms with E-state index < -0.39 is 5.54 Å². The molecule has 2 rings (SSSR count). The molecule has 1 aromatic carbocycles. The predicted octanol–water partition coefficient (Wildman–Crippen LogP) is 3.52. The SMILES string of the molecule is COc1ccc(NC(=O)NC(C)(C)c2nccs2)cc1C. The van der Waals surface area contributed by atoms with Crippen molar-refractivity contribution in [2.24, 2.45) is 0 Å². The van der Waals surface area contributed by atoms with Crippen molar-refractivity contribution in [1.29, 1.82) is 0 Å². The minimum Gasteiger partial charge on any atom is -0.496 e. The van der Waals surface area contributed by atoms with Gasteiger partial charge < -0.3 is 15.4 Å². The van der Waals surface area contributed by atoms with Crippen LogP contribution in [-0.2, 0) is 5.54 Å². The zero-order valence-corrected chi connectivity index (χ0v) is 13.4. The molecular weight excluding hydrogens is 286 g/mol. The second kappa shape index (κ2) is 6.13. The Morgan fingerprint density at radius 1 is 1.38 bits per heavy atom. The number of hydrogen-bond donors (Lipinski definition) is 2. The fourth-order valence-electron chi connectivity index (χ4n) is 1.99. The van der Waals surface area contributed by atoms with Gasteiger partial charge in [0, 0.05) is 17.3 Å². The van der Waals surface area contributed by atoms with E-state index in [2.05, 4.69) is 15.6 Å². The number of carbonyl (C=O) groups excluding carboxylic acids is 1. The third-order valence-corrected chi connectivity index (χ3v) is 4.14. The van der Waals surface area contributed by atoms with Crippen LogP contribution in [0, 0.1) is 6.92 Å². The molecule has 112 valence electrons. The number of thiazole rings is 1. The van der Waals surface area contributed by atoms with Crippen molar-refractivity contribution in [2.45, 2.75) is 26.3 Å². The van der Waals surface area contributed by atoms with Crippen LogP contribution in [-0.4, -0.2) is 18.1 Å². The molecule has 5 nitrogen and oxygen atoms in total. The zero-order valence-electron chi connectivity index (χ0n) is 12.6. The topological polar surface area (TPSA) is 63.2 Å². The number of benzene rings is 1. The van der Waals surface area contributed by atoms with Crippen LogP contribution in [0.4, 0.5) is 10.5 Å². The number of nitrogens with zero attached hydrogens (tertiary/aromatic N) is 1. The first-order valence-corrected chi connectivity index (χ1v) is 7.44. The van der Waals surface area contributed by atoms with Gasteiger partial charge in [-0.15, -0.1) is 11.3 Å². The molecule has 0 radical (unpaired) electrons. The van der Waals surface area contributed by atoms with Gasteiger partial charge in [-0.25, -0.2) is 9.78 Å². The lowest BCUT2D eigenvalue weighted by Crippen LogP contribution is -2.43. The average molecular weight is 305 g/mol. The van der Waals surface area contributed by atoms with Crippen molar-refractivity contribution in [3.8, 4) is 5.75 Å². The first kappa shape index (κ1) is 15.3. The molecule has 2 amide bonds. The zero-order chi connectivity index (χ0) is 15.5. The van der Waals surface area contributed by atoms with Crippen LogP contribution in [0.5, 0.6) is 5.75 Å². The number of amides is 2. The van der Waals surface area contributed by atoms with Gasteiger partial charge in [0.25, 0.3) is 0 Å². The lowest BCUT2D eigenvalue weighted by molar-refractivity contribution is 0.242. The van der Waals surface area contributed by atoms with E-state index in [9.17, 15) is 4.79 Å². The van der Waals surface area contributed by atoms with E-state index in [-0.39, 0.29) is 6.03 Å². The fourth-order valence-corrected chi connectivity index (χ4v) is 2.71. The predicted molar refractivity (Wildman–Crippen MR) is 85.0 cm³/mol. The summed E-state index contributed by atoms with van der Waals surface area (Å²) in [5.41, 5.74) is 1.18. The number of methoxy groups -OCH3 is 1. The lowest BCUT2D eigenvalue weighted by Gasteiger charge is -2.24. The molecule has 2 aromatic rings. The van der Waals surface area contributed by atoms with Crippen LogP contribution >= 0.6 is 11.3 Å². The summed E-state index contributed by atoms with van der Waals surface area (Å²) in [6.07, 6.45) is 1.73. The molecule has 0 aliphatic heterocycles. The average Bonchev–Trinajstić information content (AvgIpc) is 2.92. The van der Waals surface area contributed by atoms with Crippen molar-refractivity contribution in [1.82, 2.24) is 10.3 Å². The van der Waals surface area contributed by atoms with E-state index in [1.807, 2.05) is 44.4 Å². The Balaban J connectivity index is 2.03. The number of carbonyl (C=O) groups is 1. The van der Waals surface area contributed by atoms with Gasteiger partial charge >= 0.3 is 6.03 Å². The highest BCUT2D eigenvalue weighted by Crippen LogP contribution is 2.23. The largest absolute Gasteiger partial charge is 0.496 e. The summed E-state index contributed by atoms with van der Waals surface area (Å²) in [5, 5.41) is 8.50. The van der Waals surface area contributed by atoms with Gasteiger partial charge in [0.15, 0.2) is 0 Å². The van der Waals surface area contributed by atoms with Crippen LogP contribution in [0.15, 0.2) is 29.8 Å². The minimum atomic E-state index is -0.514. The van der Waals surface area contributed by atoms with E-state index in [1.54, 1.807) is 13.3 Å². The Labute approximate surface area is 128 Å². The summed E-state index contributed by atoms with van der Waals surface area (Å²) < 4.78 is 5.20. The molecule has 0 aliphatic rings. The van der Waals surface area contributed by atoms with Crippen LogP contribution in [0.2, 0.25) is 0 Å². The Morgan fingerprint density at radius 3 is 2.71 bits per heavy atom. The number of rotatable bonds is 4. The molecule has 2 N–H and O–H groups in total. The third kappa shape index (κ3) is 3.72. The summed E-state index contributed by atoms with van der Waals surface area (Å²) in [5.74, 6) is 0.795. The summed E-state index contributed by atoms with van der Waals surface area (Å²) in [6.45, 7) is 5.77. The van der Waals surface area contributed by atoms with Gasteiger partial charge in [-0.1, -0.05) is 0 Å². The Hall–Kier alpha value is -2.08.